The Bertz CT molecular complexity index is 824. The van der Waals surface area contributed by atoms with Crippen LogP contribution in [0.2, 0.25) is 0 Å². The summed E-state index contributed by atoms with van der Waals surface area (Å²) in [4.78, 5) is 25.1. The summed E-state index contributed by atoms with van der Waals surface area (Å²) in [7, 11) is 0. The molecule has 9 heteroatoms. The first-order valence-corrected chi connectivity index (χ1v) is 8.02. The quantitative estimate of drug-likeness (QED) is 0.875. The Balaban J connectivity index is 1.57. The minimum absolute atomic E-state index is 0.0763. The number of hydrogen-bond donors (Lipinski definition) is 1. The Hall–Kier alpha value is -2.97. The molecule has 7 nitrogen and oxygen atoms in total. The summed E-state index contributed by atoms with van der Waals surface area (Å²) < 4.78 is 36.6. The minimum atomic E-state index is -0.832. The number of amides is 2. The van der Waals surface area contributed by atoms with Gasteiger partial charge in [0.05, 0.1) is 0 Å². The van der Waals surface area contributed by atoms with Gasteiger partial charge in [-0.3, -0.25) is 9.59 Å². The third-order valence-corrected chi connectivity index (χ3v) is 3.92. The van der Waals surface area contributed by atoms with E-state index in [-0.39, 0.29) is 41.7 Å². The summed E-state index contributed by atoms with van der Waals surface area (Å²) in [6, 6.07) is 4.29. The molecule has 0 unspecified atom stereocenters. The van der Waals surface area contributed by atoms with E-state index in [1.165, 1.54) is 19.1 Å². The van der Waals surface area contributed by atoms with Gasteiger partial charge in [0.15, 0.2) is 23.0 Å². The molecule has 0 saturated carbocycles. The lowest BCUT2D eigenvalue weighted by atomic mass is 10.2. The van der Waals surface area contributed by atoms with Crippen LogP contribution in [0.3, 0.4) is 0 Å². The number of benzene rings is 1. The highest BCUT2D eigenvalue weighted by atomic mass is 19.1. The predicted octanol–water partition coefficient (Wildman–Crippen LogP) is 1.88. The van der Waals surface area contributed by atoms with E-state index < -0.39 is 11.6 Å². The van der Waals surface area contributed by atoms with Crippen molar-refractivity contribution in [3.05, 3.63) is 47.4 Å². The fourth-order valence-corrected chi connectivity index (χ4v) is 2.73. The van der Waals surface area contributed by atoms with E-state index in [4.69, 9.17) is 9.26 Å². The molecule has 0 bridgehead atoms. The van der Waals surface area contributed by atoms with E-state index in [0.29, 0.717) is 25.6 Å². The Morgan fingerprint density at radius 1 is 1.38 bits per heavy atom. The zero-order valence-electron chi connectivity index (χ0n) is 14.0. The molecule has 1 saturated heterocycles. The van der Waals surface area contributed by atoms with Gasteiger partial charge in [-0.25, -0.2) is 8.78 Å². The van der Waals surface area contributed by atoms with Gasteiger partial charge in [-0.1, -0.05) is 5.16 Å². The topological polar surface area (TPSA) is 84.7 Å². The Morgan fingerprint density at radius 2 is 2.19 bits per heavy atom. The van der Waals surface area contributed by atoms with Crippen LogP contribution in [-0.2, 0) is 11.4 Å². The third kappa shape index (κ3) is 4.16. The number of carbonyl (C=O) groups excluding carboxylic acids is 2. The van der Waals surface area contributed by atoms with Crippen LogP contribution in [0.25, 0.3) is 0 Å². The normalized spacial score (nSPS) is 16.6. The van der Waals surface area contributed by atoms with E-state index in [0.717, 1.165) is 6.07 Å². The summed E-state index contributed by atoms with van der Waals surface area (Å²) in [5.41, 5.74) is 0.103. The molecule has 2 amide bonds. The molecule has 1 aliphatic rings. The van der Waals surface area contributed by atoms with Gasteiger partial charge in [-0.15, -0.1) is 0 Å². The molecule has 1 aromatic heterocycles. The second kappa shape index (κ2) is 7.51. The number of aromatic nitrogens is 1. The Labute approximate surface area is 147 Å². The van der Waals surface area contributed by atoms with E-state index in [2.05, 4.69) is 10.5 Å². The number of hydrogen-bond acceptors (Lipinski definition) is 5. The summed E-state index contributed by atoms with van der Waals surface area (Å²) in [5, 5.41) is 6.48. The Kier molecular flexibility index (Phi) is 5.15. The average Bonchev–Trinajstić information content (AvgIpc) is 3.22. The van der Waals surface area contributed by atoms with Crippen molar-refractivity contribution >= 4 is 11.8 Å². The minimum Gasteiger partial charge on any atom is -0.482 e. The monoisotopic (exact) mass is 365 g/mol. The summed E-state index contributed by atoms with van der Waals surface area (Å²) in [6.45, 7) is 2.18. The van der Waals surface area contributed by atoms with Gasteiger partial charge in [0, 0.05) is 38.2 Å². The number of likely N-dealkylation sites (tertiary alicyclic amines) is 1. The zero-order chi connectivity index (χ0) is 18.7. The van der Waals surface area contributed by atoms with Crippen molar-refractivity contribution in [3.8, 4) is 5.75 Å². The summed E-state index contributed by atoms with van der Waals surface area (Å²) in [6.07, 6.45) is 0.670. The molecule has 3 rings (SSSR count). The zero-order valence-corrected chi connectivity index (χ0v) is 14.0. The molecule has 1 atom stereocenters. The molecular weight excluding hydrogens is 348 g/mol. The molecule has 1 aliphatic heterocycles. The smallest absolute Gasteiger partial charge is 0.276 e. The lowest BCUT2D eigenvalue weighted by Crippen LogP contribution is -2.37. The van der Waals surface area contributed by atoms with Crippen LogP contribution < -0.4 is 10.1 Å². The predicted molar refractivity (Wildman–Crippen MR) is 85.3 cm³/mol. The largest absolute Gasteiger partial charge is 0.482 e. The molecule has 1 fully saturated rings. The fraction of sp³-hybridized carbons (Fsp3) is 0.353. The van der Waals surface area contributed by atoms with Gasteiger partial charge in [0.2, 0.25) is 5.91 Å². The molecule has 0 spiro atoms. The molecule has 2 aromatic rings. The molecule has 1 N–H and O–H groups in total. The molecule has 1 aromatic carbocycles. The highest BCUT2D eigenvalue weighted by Gasteiger charge is 2.29. The van der Waals surface area contributed by atoms with Gasteiger partial charge in [-0.2, -0.15) is 0 Å². The van der Waals surface area contributed by atoms with Crippen molar-refractivity contribution < 1.29 is 27.6 Å². The van der Waals surface area contributed by atoms with E-state index in [9.17, 15) is 18.4 Å². The molecule has 0 aliphatic carbocycles. The standard InChI is InChI=1S/C17H17F2N3O4/c1-10(23)20-12-4-5-22(8-12)17(24)15-7-13(26-21-15)9-25-16-3-2-11(18)6-14(16)19/h2-3,6-7,12H,4-5,8-9H2,1H3,(H,20,23)/t12-/m0/s1. The lowest BCUT2D eigenvalue weighted by Gasteiger charge is -2.15. The molecule has 2 heterocycles. The number of nitrogens with one attached hydrogen (secondary N) is 1. The van der Waals surface area contributed by atoms with Crippen LogP contribution >= 0.6 is 0 Å². The fourth-order valence-electron chi connectivity index (χ4n) is 2.73. The van der Waals surface area contributed by atoms with Gasteiger partial charge in [0.25, 0.3) is 5.91 Å². The SMILES string of the molecule is CC(=O)N[C@H]1CCN(C(=O)c2cc(COc3ccc(F)cc3F)on2)C1. The van der Waals surface area contributed by atoms with E-state index in [1.54, 1.807) is 4.90 Å². The second-order valence-corrected chi connectivity index (χ2v) is 5.98. The van der Waals surface area contributed by atoms with Gasteiger partial charge < -0.3 is 19.5 Å². The molecule has 26 heavy (non-hydrogen) atoms. The van der Waals surface area contributed by atoms with Crippen LogP contribution in [0.1, 0.15) is 29.6 Å². The Morgan fingerprint density at radius 3 is 2.92 bits per heavy atom. The van der Waals surface area contributed by atoms with Crippen molar-refractivity contribution in [1.82, 2.24) is 15.4 Å². The lowest BCUT2D eigenvalue weighted by molar-refractivity contribution is -0.119. The highest BCUT2D eigenvalue weighted by molar-refractivity contribution is 5.92. The van der Waals surface area contributed by atoms with Crippen LogP contribution in [0.4, 0.5) is 8.78 Å². The highest BCUT2D eigenvalue weighted by Crippen LogP contribution is 2.20. The van der Waals surface area contributed by atoms with Gasteiger partial charge in [0.1, 0.15) is 12.4 Å². The number of nitrogens with zero attached hydrogens (tertiary/aromatic N) is 2. The second-order valence-electron chi connectivity index (χ2n) is 5.98. The van der Waals surface area contributed by atoms with Crippen LogP contribution in [0.5, 0.6) is 5.75 Å². The first-order valence-electron chi connectivity index (χ1n) is 8.02. The summed E-state index contributed by atoms with van der Waals surface area (Å²) in [5.74, 6) is -1.89. The first kappa shape index (κ1) is 17.8. The van der Waals surface area contributed by atoms with E-state index >= 15 is 0 Å². The van der Waals surface area contributed by atoms with Crippen molar-refractivity contribution in [2.24, 2.45) is 0 Å². The van der Waals surface area contributed by atoms with Crippen molar-refractivity contribution in [2.75, 3.05) is 13.1 Å². The molecule has 0 radical (unpaired) electrons. The number of rotatable bonds is 5. The van der Waals surface area contributed by atoms with E-state index in [1.807, 2.05) is 0 Å². The maximum absolute atomic E-state index is 13.5. The average molecular weight is 365 g/mol. The van der Waals surface area contributed by atoms with Crippen molar-refractivity contribution in [1.29, 1.82) is 0 Å². The van der Waals surface area contributed by atoms with Crippen molar-refractivity contribution in [2.45, 2.75) is 26.0 Å². The first-order chi connectivity index (χ1) is 12.4. The number of ether oxygens (including phenoxy) is 1. The summed E-state index contributed by atoms with van der Waals surface area (Å²) >= 11 is 0. The van der Waals surface area contributed by atoms with Gasteiger partial charge in [-0.05, 0) is 18.6 Å². The third-order valence-electron chi connectivity index (χ3n) is 3.92. The van der Waals surface area contributed by atoms with Crippen LogP contribution in [-0.4, -0.2) is 41.0 Å². The maximum Gasteiger partial charge on any atom is 0.276 e. The number of carbonyl (C=O) groups is 2. The van der Waals surface area contributed by atoms with Crippen LogP contribution in [0.15, 0.2) is 28.8 Å². The molecular formula is C17H17F2N3O4. The van der Waals surface area contributed by atoms with Crippen molar-refractivity contribution in [3.63, 3.8) is 0 Å². The molecule has 138 valence electrons. The van der Waals surface area contributed by atoms with Crippen LogP contribution in [0, 0.1) is 11.6 Å². The van der Waals surface area contributed by atoms with Gasteiger partial charge >= 0.3 is 0 Å². The maximum atomic E-state index is 13.5. The number of halogens is 2.